The molecule has 1 aromatic rings. The number of hydroxylamine groups is 1. The molecule has 1 fully saturated rings. The highest BCUT2D eigenvalue weighted by Crippen LogP contribution is 2.33. The van der Waals surface area contributed by atoms with Gasteiger partial charge in [-0.3, -0.25) is 9.63 Å². The second-order valence-electron chi connectivity index (χ2n) is 5.30. The van der Waals surface area contributed by atoms with Crippen molar-refractivity contribution >= 4 is 5.91 Å². The molecule has 2 aliphatic rings. The normalized spacial score (nSPS) is 25.4. The molecule has 1 saturated carbocycles. The third kappa shape index (κ3) is 2.72. The van der Waals surface area contributed by atoms with E-state index in [1.807, 2.05) is 25.1 Å². The first-order chi connectivity index (χ1) is 9.74. The largest absolute Gasteiger partial charge is 0.482 e. The van der Waals surface area contributed by atoms with Crippen molar-refractivity contribution in [2.45, 2.75) is 50.9 Å². The molecule has 20 heavy (non-hydrogen) atoms. The van der Waals surface area contributed by atoms with E-state index >= 15 is 0 Å². The zero-order valence-electron chi connectivity index (χ0n) is 11.5. The summed E-state index contributed by atoms with van der Waals surface area (Å²) in [6, 6.07) is 7.34. The van der Waals surface area contributed by atoms with E-state index in [4.69, 9.17) is 14.3 Å². The van der Waals surface area contributed by atoms with Crippen LogP contribution in [0.2, 0.25) is 0 Å². The smallest absolute Gasteiger partial charge is 0.288 e. The zero-order chi connectivity index (χ0) is 13.9. The Bertz CT molecular complexity index is 485. The van der Waals surface area contributed by atoms with Gasteiger partial charge in [0.15, 0.2) is 11.5 Å². The highest BCUT2D eigenvalue weighted by Gasteiger charge is 2.34. The first-order valence-corrected chi connectivity index (χ1v) is 7.12. The molecule has 0 bridgehead atoms. The summed E-state index contributed by atoms with van der Waals surface area (Å²) in [6.07, 6.45) is 3.41. The predicted octanol–water partition coefficient (Wildman–Crippen LogP) is 2.21. The third-order valence-corrected chi connectivity index (χ3v) is 3.73. The van der Waals surface area contributed by atoms with Crippen LogP contribution in [0.25, 0.3) is 0 Å². The lowest BCUT2D eigenvalue weighted by Gasteiger charge is -2.31. The summed E-state index contributed by atoms with van der Waals surface area (Å²) in [5, 5.41) is 0. The number of carbonyl (C=O) groups excluding carboxylic acids is 1. The summed E-state index contributed by atoms with van der Waals surface area (Å²) < 4.78 is 11.4. The van der Waals surface area contributed by atoms with Crippen LogP contribution in [0, 0.1) is 0 Å². The van der Waals surface area contributed by atoms with Crippen molar-refractivity contribution in [2.24, 2.45) is 0 Å². The number of ether oxygens (including phenoxy) is 2. The van der Waals surface area contributed by atoms with Gasteiger partial charge in [0, 0.05) is 0 Å². The van der Waals surface area contributed by atoms with Crippen LogP contribution in [0.3, 0.4) is 0 Å². The van der Waals surface area contributed by atoms with E-state index in [1.54, 1.807) is 6.07 Å². The van der Waals surface area contributed by atoms with Crippen LogP contribution < -0.4 is 15.0 Å². The van der Waals surface area contributed by atoms with Crippen molar-refractivity contribution in [3.05, 3.63) is 24.3 Å². The number of hydrogen-bond donors (Lipinski definition) is 1. The molecule has 0 saturated heterocycles. The molecule has 2 atom stereocenters. The Kier molecular flexibility index (Phi) is 3.78. The van der Waals surface area contributed by atoms with Gasteiger partial charge in [-0.05, 0) is 31.9 Å². The van der Waals surface area contributed by atoms with Crippen molar-refractivity contribution < 1.29 is 19.1 Å². The maximum Gasteiger partial charge on any atom is 0.288 e. The highest BCUT2D eigenvalue weighted by atomic mass is 16.7. The summed E-state index contributed by atoms with van der Waals surface area (Å²) >= 11 is 0. The summed E-state index contributed by atoms with van der Waals surface area (Å²) in [7, 11) is 0. The van der Waals surface area contributed by atoms with E-state index in [0.717, 1.165) is 25.7 Å². The van der Waals surface area contributed by atoms with Crippen LogP contribution in [0.4, 0.5) is 0 Å². The predicted molar refractivity (Wildman–Crippen MR) is 72.4 cm³/mol. The lowest BCUT2D eigenvalue weighted by atomic mass is 10.1. The van der Waals surface area contributed by atoms with E-state index in [9.17, 15) is 4.79 Å². The Morgan fingerprint density at radius 3 is 2.55 bits per heavy atom. The molecule has 1 aromatic carbocycles. The fourth-order valence-corrected chi connectivity index (χ4v) is 2.61. The number of benzene rings is 1. The van der Waals surface area contributed by atoms with Crippen molar-refractivity contribution in [3.63, 3.8) is 0 Å². The fraction of sp³-hybridized carbons (Fsp3) is 0.533. The molecule has 2 unspecified atom stereocenters. The summed E-state index contributed by atoms with van der Waals surface area (Å²) in [4.78, 5) is 17.6. The Hall–Kier alpha value is -1.75. The fourth-order valence-electron chi connectivity index (χ4n) is 2.61. The average molecular weight is 277 g/mol. The molecule has 1 N–H and O–H groups in total. The van der Waals surface area contributed by atoms with Crippen LogP contribution in [0.1, 0.15) is 32.6 Å². The maximum atomic E-state index is 12.1. The number of fused-ring (bicyclic) bond motifs is 1. The Morgan fingerprint density at radius 1 is 1.20 bits per heavy atom. The van der Waals surface area contributed by atoms with Crippen molar-refractivity contribution in [3.8, 4) is 11.5 Å². The minimum Gasteiger partial charge on any atom is -0.482 e. The molecule has 0 aromatic heterocycles. The molecule has 1 aliphatic carbocycles. The quantitative estimate of drug-likeness (QED) is 0.861. The van der Waals surface area contributed by atoms with Gasteiger partial charge in [-0.15, -0.1) is 0 Å². The minimum atomic E-state index is -0.689. The van der Waals surface area contributed by atoms with Gasteiger partial charge >= 0.3 is 0 Å². The zero-order valence-corrected chi connectivity index (χ0v) is 11.5. The van der Waals surface area contributed by atoms with Crippen LogP contribution in [0.15, 0.2) is 24.3 Å². The maximum absolute atomic E-state index is 12.1. The van der Waals surface area contributed by atoms with Crippen LogP contribution in [-0.4, -0.2) is 24.2 Å². The third-order valence-electron chi connectivity index (χ3n) is 3.73. The average Bonchev–Trinajstić information content (AvgIpc) is 2.97. The van der Waals surface area contributed by atoms with Crippen LogP contribution >= 0.6 is 0 Å². The molecule has 1 heterocycles. The number of nitrogens with one attached hydrogen (secondary N) is 1. The molecule has 5 nitrogen and oxygen atoms in total. The van der Waals surface area contributed by atoms with Gasteiger partial charge in [0.05, 0.1) is 6.10 Å². The lowest BCUT2D eigenvalue weighted by Crippen LogP contribution is -2.49. The van der Waals surface area contributed by atoms with Crippen LogP contribution in [0.5, 0.6) is 11.5 Å². The Balaban J connectivity index is 1.60. The van der Waals surface area contributed by atoms with E-state index in [-0.39, 0.29) is 18.1 Å². The van der Waals surface area contributed by atoms with Crippen molar-refractivity contribution in [1.82, 2.24) is 5.48 Å². The number of hydrogen-bond acceptors (Lipinski definition) is 4. The van der Waals surface area contributed by atoms with Crippen molar-refractivity contribution in [2.75, 3.05) is 0 Å². The minimum absolute atomic E-state index is 0.131. The molecule has 1 amide bonds. The lowest BCUT2D eigenvalue weighted by molar-refractivity contribution is -0.150. The summed E-state index contributed by atoms with van der Waals surface area (Å²) in [5.74, 6) is 0.964. The van der Waals surface area contributed by atoms with E-state index in [1.165, 1.54) is 0 Å². The molecule has 3 rings (SSSR count). The van der Waals surface area contributed by atoms with E-state index < -0.39 is 6.10 Å². The first kappa shape index (κ1) is 13.2. The highest BCUT2D eigenvalue weighted by molar-refractivity contribution is 5.81. The molecular weight excluding hydrogens is 258 g/mol. The Labute approximate surface area is 118 Å². The van der Waals surface area contributed by atoms with Gasteiger partial charge in [-0.1, -0.05) is 25.0 Å². The van der Waals surface area contributed by atoms with Gasteiger partial charge in [-0.2, -0.15) is 0 Å². The monoisotopic (exact) mass is 277 g/mol. The topological polar surface area (TPSA) is 56.8 Å². The number of rotatable bonds is 3. The molecular formula is C15H19NO4. The summed E-state index contributed by atoms with van der Waals surface area (Å²) in [6.45, 7) is 1.82. The molecule has 1 aliphatic heterocycles. The van der Waals surface area contributed by atoms with Gasteiger partial charge < -0.3 is 9.47 Å². The Morgan fingerprint density at radius 2 is 1.85 bits per heavy atom. The van der Waals surface area contributed by atoms with Gasteiger partial charge in [0.2, 0.25) is 6.10 Å². The van der Waals surface area contributed by atoms with Gasteiger partial charge in [0.1, 0.15) is 6.10 Å². The number of carbonyl (C=O) groups is 1. The van der Waals surface area contributed by atoms with Crippen molar-refractivity contribution in [1.29, 1.82) is 0 Å². The number of para-hydroxylation sites is 2. The number of amides is 1. The van der Waals surface area contributed by atoms with Crippen LogP contribution in [-0.2, 0) is 9.63 Å². The standard InChI is InChI=1S/C15H19NO4/c1-10-14(15(17)16-20-11-6-2-3-7-11)19-13-9-5-4-8-12(13)18-10/h4-5,8-11,14H,2-3,6-7H2,1H3,(H,16,17). The second kappa shape index (κ2) is 5.71. The van der Waals surface area contributed by atoms with E-state index in [2.05, 4.69) is 5.48 Å². The molecule has 108 valence electrons. The van der Waals surface area contributed by atoms with Gasteiger partial charge in [-0.25, -0.2) is 5.48 Å². The second-order valence-corrected chi connectivity index (χ2v) is 5.30. The molecule has 0 spiro atoms. The first-order valence-electron chi connectivity index (χ1n) is 7.12. The molecule has 5 heteroatoms. The van der Waals surface area contributed by atoms with E-state index in [0.29, 0.717) is 11.5 Å². The van der Waals surface area contributed by atoms with Gasteiger partial charge in [0.25, 0.3) is 5.91 Å². The molecule has 0 radical (unpaired) electrons. The SMILES string of the molecule is CC1Oc2ccccc2OC1C(=O)NOC1CCCC1. The summed E-state index contributed by atoms with van der Waals surface area (Å²) in [5.41, 5.74) is 2.51.